The van der Waals surface area contributed by atoms with Crippen LogP contribution in [0.15, 0.2) is 18.5 Å². The zero-order valence-corrected chi connectivity index (χ0v) is 12.9. The number of hydrogen-bond donors (Lipinski definition) is 1. The van der Waals surface area contributed by atoms with Gasteiger partial charge >= 0.3 is 5.97 Å². The van der Waals surface area contributed by atoms with Gasteiger partial charge in [-0.1, -0.05) is 0 Å². The predicted molar refractivity (Wildman–Crippen MR) is 81.0 cm³/mol. The van der Waals surface area contributed by atoms with Crippen molar-refractivity contribution in [2.75, 3.05) is 13.1 Å². The maximum atomic E-state index is 12.7. The van der Waals surface area contributed by atoms with Crippen LogP contribution in [0.5, 0.6) is 0 Å². The minimum Gasteiger partial charge on any atom is -0.481 e. The second-order valence-corrected chi connectivity index (χ2v) is 6.64. The van der Waals surface area contributed by atoms with Crippen LogP contribution in [0.4, 0.5) is 0 Å². The highest BCUT2D eigenvalue weighted by molar-refractivity contribution is 5.99. The number of aryl methyl sites for hydroxylation is 1. The summed E-state index contributed by atoms with van der Waals surface area (Å²) in [7, 11) is 0. The first-order valence-corrected chi connectivity index (χ1v) is 7.83. The van der Waals surface area contributed by atoms with Crippen molar-refractivity contribution in [2.45, 2.75) is 26.2 Å². The van der Waals surface area contributed by atoms with Gasteiger partial charge in [0.1, 0.15) is 5.56 Å². The number of fused-ring (bicyclic) bond motifs is 1. The smallest absolute Gasteiger partial charge is 0.307 e. The molecule has 0 bridgehead atoms. The summed E-state index contributed by atoms with van der Waals surface area (Å²) in [5, 5.41) is 13.3. The maximum absolute atomic E-state index is 12.7. The van der Waals surface area contributed by atoms with Crippen molar-refractivity contribution in [3.05, 3.63) is 29.7 Å². The van der Waals surface area contributed by atoms with E-state index >= 15 is 0 Å². The molecule has 1 aliphatic heterocycles. The van der Waals surface area contributed by atoms with E-state index in [4.69, 9.17) is 5.11 Å². The zero-order valence-electron chi connectivity index (χ0n) is 12.9. The van der Waals surface area contributed by atoms with Gasteiger partial charge in [0.15, 0.2) is 5.65 Å². The highest BCUT2D eigenvalue weighted by atomic mass is 16.4. The Bertz CT molecular complexity index is 805. The van der Waals surface area contributed by atoms with E-state index in [1.54, 1.807) is 21.8 Å². The van der Waals surface area contributed by atoms with Gasteiger partial charge in [-0.05, 0) is 37.7 Å². The van der Waals surface area contributed by atoms with Crippen LogP contribution in [0, 0.1) is 18.3 Å². The number of likely N-dealkylation sites (tertiary alicyclic amines) is 1. The molecule has 0 aromatic carbocycles. The van der Waals surface area contributed by atoms with Crippen molar-refractivity contribution in [3.63, 3.8) is 0 Å². The molecule has 1 spiro atoms. The largest absolute Gasteiger partial charge is 0.481 e. The number of nitrogens with zero attached hydrogens (tertiary/aromatic N) is 4. The summed E-state index contributed by atoms with van der Waals surface area (Å²) in [5.41, 5.74) is 1.85. The Labute approximate surface area is 132 Å². The number of hydrogen-bond acceptors (Lipinski definition) is 4. The molecule has 1 aliphatic carbocycles. The Morgan fingerprint density at radius 1 is 1.35 bits per heavy atom. The third kappa shape index (κ3) is 2.18. The lowest BCUT2D eigenvalue weighted by Gasteiger charge is -2.32. The fourth-order valence-corrected chi connectivity index (χ4v) is 3.68. The molecular weight excluding hydrogens is 296 g/mol. The second-order valence-electron chi connectivity index (χ2n) is 6.64. The van der Waals surface area contributed by atoms with E-state index in [-0.39, 0.29) is 17.2 Å². The first-order valence-electron chi connectivity index (χ1n) is 7.83. The number of carbonyl (C=O) groups is 2. The molecule has 2 aromatic heterocycles. The van der Waals surface area contributed by atoms with Gasteiger partial charge < -0.3 is 10.0 Å². The molecule has 7 heteroatoms. The molecule has 2 aromatic rings. The van der Waals surface area contributed by atoms with Crippen LogP contribution in [-0.2, 0) is 4.79 Å². The summed E-state index contributed by atoms with van der Waals surface area (Å²) in [4.78, 5) is 30.1. The number of carboxylic acid groups (broad SMARTS) is 1. The quantitative estimate of drug-likeness (QED) is 0.904. The first kappa shape index (κ1) is 14.2. The molecule has 2 aliphatic rings. The number of carboxylic acids is 1. The summed E-state index contributed by atoms with van der Waals surface area (Å²) < 4.78 is 1.60. The van der Waals surface area contributed by atoms with Crippen molar-refractivity contribution < 1.29 is 14.7 Å². The van der Waals surface area contributed by atoms with Gasteiger partial charge in [-0.3, -0.25) is 9.59 Å². The number of carbonyl (C=O) groups excluding carboxylic acids is 1. The van der Waals surface area contributed by atoms with Crippen LogP contribution in [0.3, 0.4) is 0 Å². The average Bonchev–Trinajstić information content (AvgIpc) is 3.08. The van der Waals surface area contributed by atoms with Gasteiger partial charge in [-0.25, -0.2) is 9.50 Å². The van der Waals surface area contributed by atoms with Gasteiger partial charge in [0.2, 0.25) is 0 Å². The van der Waals surface area contributed by atoms with Crippen molar-refractivity contribution >= 4 is 17.5 Å². The number of piperidine rings is 1. The molecule has 2 fully saturated rings. The predicted octanol–water partition coefficient (Wildman–Crippen LogP) is 1.36. The Hall–Kier alpha value is -2.44. The molecule has 1 saturated heterocycles. The number of rotatable bonds is 2. The molecule has 1 unspecified atom stereocenters. The number of amides is 1. The van der Waals surface area contributed by atoms with E-state index in [0.717, 1.165) is 25.0 Å². The van der Waals surface area contributed by atoms with E-state index < -0.39 is 5.97 Å². The third-order valence-electron chi connectivity index (χ3n) is 5.27. The molecule has 1 atom stereocenters. The Balaban J connectivity index is 1.52. The van der Waals surface area contributed by atoms with Gasteiger partial charge in [-0.2, -0.15) is 5.10 Å². The molecule has 1 amide bonds. The lowest BCUT2D eigenvalue weighted by Crippen LogP contribution is -2.40. The topological polar surface area (TPSA) is 87.8 Å². The van der Waals surface area contributed by atoms with E-state index in [0.29, 0.717) is 24.3 Å². The van der Waals surface area contributed by atoms with Crippen LogP contribution < -0.4 is 0 Å². The summed E-state index contributed by atoms with van der Waals surface area (Å²) in [6.07, 6.45) is 5.64. The number of aliphatic carboxylic acids is 1. The van der Waals surface area contributed by atoms with E-state index in [2.05, 4.69) is 10.1 Å². The Morgan fingerprint density at radius 3 is 2.74 bits per heavy atom. The minimum atomic E-state index is -0.702. The van der Waals surface area contributed by atoms with Crippen LogP contribution in [0.25, 0.3) is 5.65 Å². The fraction of sp³-hybridized carbons (Fsp3) is 0.500. The van der Waals surface area contributed by atoms with Crippen LogP contribution in [0.2, 0.25) is 0 Å². The molecule has 1 saturated carbocycles. The van der Waals surface area contributed by atoms with Gasteiger partial charge in [0.05, 0.1) is 12.1 Å². The highest BCUT2D eigenvalue weighted by Crippen LogP contribution is 2.59. The molecule has 120 valence electrons. The fourth-order valence-electron chi connectivity index (χ4n) is 3.68. The summed E-state index contributed by atoms with van der Waals surface area (Å²) in [5.74, 6) is -0.992. The lowest BCUT2D eigenvalue weighted by molar-refractivity contribution is -0.139. The van der Waals surface area contributed by atoms with Crippen LogP contribution >= 0.6 is 0 Å². The van der Waals surface area contributed by atoms with Crippen molar-refractivity contribution in [3.8, 4) is 0 Å². The standard InChI is InChI=1S/C16H18N4O3/c1-10-2-5-20-13(18-10)11(9-17-20)14(21)19-6-3-16(4-7-19)8-12(16)15(22)23/h2,5,9,12H,3-4,6-8H2,1H3,(H,22,23). The molecule has 7 nitrogen and oxygen atoms in total. The number of aromatic nitrogens is 3. The van der Waals surface area contributed by atoms with Crippen LogP contribution in [-0.4, -0.2) is 49.6 Å². The Kier molecular flexibility index (Phi) is 2.94. The maximum Gasteiger partial charge on any atom is 0.307 e. The van der Waals surface area contributed by atoms with Crippen molar-refractivity contribution in [1.82, 2.24) is 19.5 Å². The summed E-state index contributed by atoms with van der Waals surface area (Å²) in [6, 6.07) is 1.85. The normalized spacial score (nSPS) is 22.5. The minimum absolute atomic E-state index is 0.0690. The Morgan fingerprint density at radius 2 is 2.09 bits per heavy atom. The van der Waals surface area contributed by atoms with E-state index in [9.17, 15) is 9.59 Å². The first-order chi connectivity index (χ1) is 11.0. The van der Waals surface area contributed by atoms with Gasteiger partial charge in [0, 0.05) is 25.0 Å². The third-order valence-corrected chi connectivity index (χ3v) is 5.27. The molecule has 0 radical (unpaired) electrons. The molecule has 1 N–H and O–H groups in total. The van der Waals surface area contributed by atoms with Crippen molar-refractivity contribution in [1.29, 1.82) is 0 Å². The second kappa shape index (κ2) is 4.78. The van der Waals surface area contributed by atoms with E-state index in [1.807, 2.05) is 13.0 Å². The van der Waals surface area contributed by atoms with Gasteiger partial charge in [-0.15, -0.1) is 0 Å². The molecule has 3 heterocycles. The van der Waals surface area contributed by atoms with Gasteiger partial charge in [0.25, 0.3) is 5.91 Å². The average molecular weight is 314 g/mol. The van der Waals surface area contributed by atoms with E-state index in [1.165, 1.54) is 0 Å². The molecular formula is C16H18N4O3. The lowest BCUT2D eigenvalue weighted by atomic mass is 9.90. The summed E-state index contributed by atoms with van der Waals surface area (Å²) >= 11 is 0. The highest BCUT2D eigenvalue weighted by Gasteiger charge is 2.59. The molecule has 4 rings (SSSR count). The van der Waals surface area contributed by atoms with Crippen molar-refractivity contribution in [2.24, 2.45) is 11.3 Å². The monoisotopic (exact) mass is 314 g/mol. The molecule has 23 heavy (non-hydrogen) atoms. The zero-order chi connectivity index (χ0) is 16.2. The SMILES string of the molecule is Cc1ccn2ncc(C(=O)N3CCC4(CC3)CC4C(=O)O)c2n1. The van der Waals surface area contributed by atoms with Crippen LogP contribution in [0.1, 0.15) is 35.3 Å². The summed E-state index contributed by atoms with van der Waals surface area (Å²) in [6.45, 7) is 3.09.